The van der Waals surface area contributed by atoms with Gasteiger partial charge in [0.2, 0.25) is 0 Å². The highest BCUT2D eigenvalue weighted by molar-refractivity contribution is 5.84. The lowest BCUT2D eigenvalue weighted by atomic mass is 10.1. The molecule has 1 aliphatic rings. The molecule has 2 heterocycles. The Bertz CT molecular complexity index is 436. The lowest BCUT2D eigenvalue weighted by Crippen LogP contribution is -2.36. The van der Waals surface area contributed by atoms with Crippen molar-refractivity contribution in [1.29, 1.82) is 0 Å². The Morgan fingerprint density at radius 2 is 2.13 bits per heavy atom. The summed E-state index contributed by atoms with van der Waals surface area (Å²) in [5, 5.41) is 0. The monoisotopic (exact) mass is 206 g/mol. The molecule has 0 amide bonds. The van der Waals surface area contributed by atoms with E-state index >= 15 is 0 Å². The standard InChI is InChI=1S/C11H14N2O2/c1-12-6-4-9(7-11(12)15)13-5-2-3-10(14)8-13/h4,6-7H,2-3,5,8H2,1H3. The third-order valence-electron chi connectivity index (χ3n) is 2.70. The van der Waals surface area contributed by atoms with E-state index in [2.05, 4.69) is 0 Å². The Balaban J connectivity index is 2.25. The van der Waals surface area contributed by atoms with Gasteiger partial charge in [0.25, 0.3) is 5.56 Å². The molecule has 1 saturated heterocycles. The second kappa shape index (κ2) is 3.88. The summed E-state index contributed by atoms with van der Waals surface area (Å²) in [7, 11) is 1.72. The molecule has 0 atom stereocenters. The van der Waals surface area contributed by atoms with Crippen LogP contribution in [0.3, 0.4) is 0 Å². The predicted octanol–water partition coefficient (Wildman–Crippen LogP) is 0.555. The molecule has 0 radical (unpaired) electrons. The number of nitrogens with zero attached hydrogens (tertiary/aromatic N) is 2. The molecule has 1 aromatic heterocycles. The smallest absolute Gasteiger partial charge is 0.252 e. The van der Waals surface area contributed by atoms with E-state index in [9.17, 15) is 9.59 Å². The lowest BCUT2D eigenvalue weighted by Gasteiger charge is -2.27. The van der Waals surface area contributed by atoms with E-state index in [4.69, 9.17) is 0 Å². The van der Waals surface area contributed by atoms with Crippen LogP contribution in [-0.4, -0.2) is 23.4 Å². The van der Waals surface area contributed by atoms with Crippen LogP contribution in [0, 0.1) is 0 Å². The Hall–Kier alpha value is -1.58. The maximum absolute atomic E-state index is 11.4. The first kappa shape index (κ1) is 9.96. The Morgan fingerprint density at radius 3 is 2.80 bits per heavy atom. The predicted molar refractivity (Wildman–Crippen MR) is 58.1 cm³/mol. The molecule has 0 spiro atoms. The number of pyridine rings is 1. The number of ketones is 1. The highest BCUT2D eigenvalue weighted by atomic mass is 16.1. The zero-order valence-corrected chi connectivity index (χ0v) is 8.77. The lowest BCUT2D eigenvalue weighted by molar-refractivity contribution is -0.118. The van der Waals surface area contributed by atoms with Gasteiger partial charge in [0.05, 0.1) is 6.54 Å². The highest BCUT2D eigenvalue weighted by Crippen LogP contribution is 2.15. The van der Waals surface area contributed by atoms with Crippen LogP contribution in [-0.2, 0) is 11.8 Å². The van der Waals surface area contributed by atoms with Crippen LogP contribution in [0.5, 0.6) is 0 Å². The number of hydrogen-bond donors (Lipinski definition) is 0. The summed E-state index contributed by atoms with van der Waals surface area (Å²) < 4.78 is 1.52. The number of aryl methyl sites for hydroxylation is 1. The number of aromatic nitrogens is 1. The molecule has 2 rings (SSSR count). The van der Waals surface area contributed by atoms with Crippen molar-refractivity contribution in [2.75, 3.05) is 18.0 Å². The van der Waals surface area contributed by atoms with Crippen molar-refractivity contribution in [3.8, 4) is 0 Å². The first-order chi connectivity index (χ1) is 7.16. The molecule has 0 N–H and O–H groups in total. The molecule has 0 saturated carbocycles. The van der Waals surface area contributed by atoms with Crippen LogP contribution < -0.4 is 10.5 Å². The van der Waals surface area contributed by atoms with E-state index in [1.165, 1.54) is 4.57 Å². The largest absolute Gasteiger partial charge is 0.364 e. The van der Waals surface area contributed by atoms with Crippen LogP contribution in [0.2, 0.25) is 0 Å². The topological polar surface area (TPSA) is 42.3 Å². The molecule has 1 aliphatic heterocycles. The Kier molecular flexibility index (Phi) is 2.58. The van der Waals surface area contributed by atoms with Gasteiger partial charge in [-0.1, -0.05) is 0 Å². The van der Waals surface area contributed by atoms with Gasteiger partial charge in [-0.2, -0.15) is 0 Å². The minimum atomic E-state index is -0.0366. The van der Waals surface area contributed by atoms with Crippen LogP contribution in [0.15, 0.2) is 23.1 Å². The van der Waals surface area contributed by atoms with Gasteiger partial charge >= 0.3 is 0 Å². The van der Waals surface area contributed by atoms with Gasteiger partial charge in [-0.05, 0) is 12.5 Å². The average molecular weight is 206 g/mol. The van der Waals surface area contributed by atoms with Crippen molar-refractivity contribution in [3.05, 3.63) is 28.7 Å². The summed E-state index contributed by atoms with van der Waals surface area (Å²) in [6.07, 6.45) is 3.28. The molecule has 4 nitrogen and oxygen atoms in total. The number of carbonyl (C=O) groups is 1. The third-order valence-corrected chi connectivity index (χ3v) is 2.70. The number of Topliss-reactive ketones (excluding diaryl/α,β-unsaturated/α-hetero) is 1. The molecule has 15 heavy (non-hydrogen) atoms. The minimum absolute atomic E-state index is 0.0366. The van der Waals surface area contributed by atoms with Crippen LogP contribution >= 0.6 is 0 Å². The van der Waals surface area contributed by atoms with E-state index in [0.29, 0.717) is 13.0 Å². The summed E-state index contributed by atoms with van der Waals surface area (Å²) in [5.41, 5.74) is 0.816. The van der Waals surface area contributed by atoms with Crippen molar-refractivity contribution >= 4 is 11.5 Å². The summed E-state index contributed by atoms with van der Waals surface area (Å²) in [6.45, 7) is 1.30. The SMILES string of the molecule is Cn1ccc(N2CCCC(=O)C2)cc1=O. The van der Waals surface area contributed by atoms with Crippen LogP contribution in [0.25, 0.3) is 0 Å². The third kappa shape index (κ3) is 2.09. The van der Waals surface area contributed by atoms with Crippen molar-refractivity contribution in [2.45, 2.75) is 12.8 Å². The Labute approximate surface area is 88.1 Å². The average Bonchev–Trinajstić information content (AvgIpc) is 2.22. The van der Waals surface area contributed by atoms with E-state index in [0.717, 1.165) is 18.7 Å². The van der Waals surface area contributed by atoms with Gasteiger partial charge in [0, 0.05) is 38.0 Å². The molecule has 0 unspecified atom stereocenters. The van der Waals surface area contributed by atoms with Gasteiger partial charge in [-0.3, -0.25) is 9.59 Å². The van der Waals surface area contributed by atoms with Crippen molar-refractivity contribution in [3.63, 3.8) is 0 Å². The summed E-state index contributed by atoms with van der Waals surface area (Å²) in [6, 6.07) is 3.46. The number of anilines is 1. The zero-order chi connectivity index (χ0) is 10.8. The number of carbonyl (C=O) groups excluding carboxylic acids is 1. The summed E-state index contributed by atoms with van der Waals surface area (Å²) in [5.74, 6) is 0.252. The van der Waals surface area contributed by atoms with Gasteiger partial charge in [-0.25, -0.2) is 0 Å². The highest BCUT2D eigenvalue weighted by Gasteiger charge is 2.17. The molecule has 1 aromatic rings. The normalized spacial score (nSPS) is 16.9. The first-order valence-corrected chi connectivity index (χ1v) is 5.10. The fourth-order valence-corrected chi connectivity index (χ4v) is 1.79. The van der Waals surface area contributed by atoms with E-state index < -0.39 is 0 Å². The van der Waals surface area contributed by atoms with Gasteiger partial charge in [0.15, 0.2) is 5.78 Å². The molecule has 0 aromatic carbocycles. The molecular formula is C11H14N2O2. The van der Waals surface area contributed by atoms with Crippen molar-refractivity contribution in [1.82, 2.24) is 4.57 Å². The van der Waals surface area contributed by atoms with Crippen molar-refractivity contribution in [2.24, 2.45) is 7.05 Å². The molecule has 80 valence electrons. The fraction of sp³-hybridized carbons (Fsp3) is 0.455. The van der Waals surface area contributed by atoms with Crippen molar-refractivity contribution < 1.29 is 4.79 Å². The molecule has 0 aliphatic carbocycles. The van der Waals surface area contributed by atoms with E-state index in [1.807, 2.05) is 11.0 Å². The molecular weight excluding hydrogens is 192 g/mol. The second-order valence-electron chi connectivity index (χ2n) is 3.90. The minimum Gasteiger partial charge on any atom is -0.364 e. The van der Waals surface area contributed by atoms with E-state index in [1.54, 1.807) is 19.3 Å². The van der Waals surface area contributed by atoms with Gasteiger partial charge < -0.3 is 9.47 Å². The number of piperidine rings is 1. The summed E-state index contributed by atoms with van der Waals surface area (Å²) in [4.78, 5) is 24.7. The van der Waals surface area contributed by atoms with Crippen LogP contribution in [0.1, 0.15) is 12.8 Å². The molecule has 0 bridgehead atoms. The maximum atomic E-state index is 11.4. The fourth-order valence-electron chi connectivity index (χ4n) is 1.79. The number of rotatable bonds is 1. The van der Waals surface area contributed by atoms with Crippen LogP contribution in [0.4, 0.5) is 5.69 Å². The van der Waals surface area contributed by atoms with Gasteiger partial charge in [-0.15, -0.1) is 0 Å². The maximum Gasteiger partial charge on any atom is 0.252 e. The van der Waals surface area contributed by atoms with Gasteiger partial charge in [0.1, 0.15) is 0 Å². The van der Waals surface area contributed by atoms with E-state index in [-0.39, 0.29) is 11.3 Å². The second-order valence-corrected chi connectivity index (χ2v) is 3.90. The zero-order valence-electron chi connectivity index (χ0n) is 8.77. The first-order valence-electron chi connectivity index (χ1n) is 5.10. The molecule has 1 fully saturated rings. The summed E-state index contributed by atoms with van der Waals surface area (Å²) >= 11 is 0. The molecule has 4 heteroatoms. The quantitative estimate of drug-likeness (QED) is 0.674. The Morgan fingerprint density at radius 1 is 1.33 bits per heavy atom. The number of hydrogen-bond acceptors (Lipinski definition) is 3.